The Hall–Kier alpha value is -1.31. The molecular weight excluding hydrogens is 140 g/mol. The highest BCUT2D eigenvalue weighted by molar-refractivity contribution is 5.88. The molecule has 0 spiro atoms. The molecule has 0 amide bonds. The number of hydrogen-bond donors (Lipinski definition) is 0. The van der Waals surface area contributed by atoms with Gasteiger partial charge in [0.2, 0.25) is 0 Å². The summed E-state index contributed by atoms with van der Waals surface area (Å²) in [6.07, 6.45) is 0. The number of carbonyl (C=O) groups excluding carboxylic acids is 1. The fourth-order valence-corrected chi connectivity index (χ4v) is 0.691. The number of esters is 1. The van der Waals surface area contributed by atoms with Crippen molar-refractivity contribution in [2.45, 2.75) is 0 Å². The van der Waals surface area contributed by atoms with Crippen molar-refractivity contribution in [1.82, 2.24) is 0 Å². The third-order valence-electron chi connectivity index (χ3n) is 1.16. The minimum absolute atomic E-state index is 0.154. The van der Waals surface area contributed by atoms with E-state index in [1.165, 1.54) is 0 Å². The van der Waals surface area contributed by atoms with Gasteiger partial charge in [-0.15, -0.1) is 0 Å². The van der Waals surface area contributed by atoms with Crippen LogP contribution in [0.4, 0.5) is 0 Å². The van der Waals surface area contributed by atoms with Crippen LogP contribution in [0.2, 0.25) is 0 Å². The Morgan fingerprint density at radius 2 is 2.45 bits per heavy atom. The molecule has 0 aliphatic rings. The predicted octanol–water partition coefficient (Wildman–Crippen LogP) is 1.48. The van der Waals surface area contributed by atoms with Crippen molar-refractivity contribution in [1.29, 1.82) is 0 Å². The molecule has 1 aromatic rings. The van der Waals surface area contributed by atoms with Crippen molar-refractivity contribution in [2.24, 2.45) is 0 Å². The first-order valence-electron chi connectivity index (χ1n) is 3.27. The molecule has 56 valence electrons. The molecule has 2 heteroatoms. The van der Waals surface area contributed by atoms with Crippen LogP contribution in [0.15, 0.2) is 24.3 Å². The van der Waals surface area contributed by atoms with Crippen molar-refractivity contribution in [3.05, 3.63) is 42.8 Å². The largest absolute Gasteiger partial charge is 0.462 e. The van der Waals surface area contributed by atoms with Crippen LogP contribution >= 0.6 is 0 Å². The van der Waals surface area contributed by atoms with Crippen LogP contribution in [0.3, 0.4) is 0 Å². The molecule has 0 atom stereocenters. The average Bonchev–Trinajstić information content (AvgIpc) is 2.07. The third-order valence-corrected chi connectivity index (χ3v) is 1.16. The van der Waals surface area contributed by atoms with Crippen LogP contribution in [-0.2, 0) is 4.74 Å². The van der Waals surface area contributed by atoms with Gasteiger partial charge < -0.3 is 4.74 Å². The van der Waals surface area contributed by atoms with E-state index in [1.54, 1.807) is 24.3 Å². The van der Waals surface area contributed by atoms with Crippen molar-refractivity contribution < 1.29 is 9.53 Å². The first-order valence-corrected chi connectivity index (χ1v) is 3.27. The molecule has 0 aliphatic heterocycles. The molecule has 0 saturated heterocycles. The molecule has 11 heavy (non-hydrogen) atoms. The maximum atomic E-state index is 11.0. The molecule has 0 N–H and O–H groups in total. The van der Waals surface area contributed by atoms with E-state index in [1.807, 2.05) is 0 Å². The fourth-order valence-electron chi connectivity index (χ4n) is 0.691. The summed E-state index contributed by atoms with van der Waals surface area (Å²) >= 11 is 0. The van der Waals surface area contributed by atoms with Crippen molar-refractivity contribution in [2.75, 3.05) is 6.61 Å². The number of benzene rings is 1. The maximum Gasteiger partial charge on any atom is 0.338 e. The highest BCUT2D eigenvalue weighted by atomic mass is 16.5. The molecular formula is C9H8O2. The van der Waals surface area contributed by atoms with Gasteiger partial charge in [0, 0.05) is 0 Å². The van der Waals surface area contributed by atoms with Gasteiger partial charge in [-0.1, -0.05) is 18.2 Å². The minimum Gasteiger partial charge on any atom is -0.462 e. The van der Waals surface area contributed by atoms with Gasteiger partial charge in [0.1, 0.15) is 0 Å². The summed E-state index contributed by atoms with van der Waals surface area (Å²) in [6, 6.07) is 9.62. The topological polar surface area (TPSA) is 26.3 Å². The van der Waals surface area contributed by atoms with Gasteiger partial charge in [0.05, 0.1) is 12.2 Å². The first-order chi connectivity index (χ1) is 5.34. The van der Waals surface area contributed by atoms with Crippen LogP contribution < -0.4 is 0 Å². The summed E-state index contributed by atoms with van der Waals surface area (Å²) in [4.78, 5) is 11.0. The summed E-state index contributed by atoms with van der Waals surface area (Å²) in [5.74, 6) is -0.374. The van der Waals surface area contributed by atoms with E-state index in [0.29, 0.717) is 5.56 Å². The lowest BCUT2D eigenvalue weighted by molar-refractivity contribution is 0.0547. The van der Waals surface area contributed by atoms with E-state index in [-0.39, 0.29) is 12.6 Å². The predicted molar refractivity (Wildman–Crippen MR) is 40.9 cm³/mol. The van der Waals surface area contributed by atoms with Gasteiger partial charge >= 0.3 is 5.97 Å². The lowest BCUT2D eigenvalue weighted by atomic mass is 10.2. The second-order valence-electron chi connectivity index (χ2n) is 1.91. The zero-order chi connectivity index (χ0) is 8.10. The van der Waals surface area contributed by atoms with Crippen LogP contribution in [0, 0.1) is 13.0 Å². The van der Waals surface area contributed by atoms with Crippen LogP contribution in [0.1, 0.15) is 10.4 Å². The van der Waals surface area contributed by atoms with Gasteiger partial charge in [-0.2, -0.15) is 0 Å². The van der Waals surface area contributed by atoms with Gasteiger partial charge in [-0.3, -0.25) is 0 Å². The Morgan fingerprint density at radius 1 is 1.64 bits per heavy atom. The standard InChI is InChI=1S/C9H8O2/c1-2-11-9(10)8-6-4-3-5-7-8/h3-6H,1-2H2. The van der Waals surface area contributed by atoms with Gasteiger partial charge in [0.15, 0.2) is 0 Å². The normalized spacial score (nSPS) is 9.18. The second kappa shape index (κ2) is 3.76. The maximum absolute atomic E-state index is 11.0. The lowest BCUT2D eigenvalue weighted by Crippen LogP contribution is -2.03. The number of carbonyl (C=O) groups is 1. The Balaban J connectivity index is 2.69. The molecule has 0 aromatic heterocycles. The molecule has 0 bridgehead atoms. The Bertz CT molecular complexity index is 229. The lowest BCUT2D eigenvalue weighted by Gasteiger charge is -1.98. The van der Waals surface area contributed by atoms with Crippen molar-refractivity contribution in [3.63, 3.8) is 0 Å². The highest BCUT2D eigenvalue weighted by Crippen LogP contribution is 1.98. The van der Waals surface area contributed by atoms with E-state index in [2.05, 4.69) is 17.7 Å². The summed E-state index contributed by atoms with van der Waals surface area (Å²) in [5.41, 5.74) is 0.441. The van der Waals surface area contributed by atoms with Crippen molar-refractivity contribution >= 4 is 5.97 Å². The minimum atomic E-state index is -0.374. The fraction of sp³-hybridized carbons (Fsp3) is 0.111. The zero-order valence-electron chi connectivity index (χ0n) is 6.04. The number of hydrogen-bond acceptors (Lipinski definition) is 2. The first kappa shape index (κ1) is 7.79. The monoisotopic (exact) mass is 148 g/mol. The van der Waals surface area contributed by atoms with E-state index in [4.69, 9.17) is 0 Å². The summed E-state index contributed by atoms with van der Waals surface area (Å²) in [5, 5.41) is 0. The Kier molecular flexibility index (Phi) is 2.66. The highest BCUT2D eigenvalue weighted by Gasteiger charge is 2.03. The van der Waals surface area contributed by atoms with Crippen LogP contribution in [0.25, 0.3) is 0 Å². The third kappa shape index (κ3) is 2.08. The van der Waals surface area contributed by atoms with Crippen molar-refractivity contribution in [3.8, 4) is 0 Å². The molecule has 2 nitrogen and oxygen atoms in total. The summed E-state index contributed by atoms with van der Waals surface area (Å²) in [7, 11) is 0. The number of ether oxygens (including phenoxy) is 1. The molecule has 1 aromatic carbocycles. The zero-order valence-corrected chi connectivity index (χ0v) is 6.04. The SMILES string of the molecule is [CH2]COC(=O)c1[c]cccc1. The Morgan fingerprint density at radius 3 is 3.00 bits per heavy atom. The smallest absolute Gasteiger partial charge is 0.338 e. The van der Waals surface area contributed by atoms with Crippen LogP contribution in [-0.4, -0.2) is 12.6 Å². The molecule has 0 heterocycles. The summed E-state index contributed by atoms with van der Waals surface area (Å²) < 4.78 is 4.65. The van der Waals surface area contributed by atoms with E-state index >= 15 is 0 Å². The second-order valence-corrected chi connectivity index (χ2v) is 1.91. The van der Waals surface area contributed by atoms with E-state index in [9.17, 15) is 4.79 Å². The number of rotatable bonds is 2. The average molecular weight is 148 g/mol. The van der Waals surface area contributed by atoms with Gasteiger partial charge in [-0.25, -0.2) is 4.79 Å². The Labute approximate surface area is 65.8 Å². The van der Waals surface area contributed by atoms with Crippen LogP contribution in [0.5, 0.6) is 0 Å². The molecule has 0 aliphatic carbocycles. The molecule has 2 radical (unpaired) electrons. The molecule has 1 rings (SSSR count). The quantitative estimate of drug-likeness (QED) is 0.594. The van der Waals surface area contributed by atoms with Gasteiger partial charge in [0.25, 0.3) is 0 Å². The summed E-state index contributed by atoms with van der Waals surface area (Å²) in [6.45, 7) is 3.55. The van der Waals surface area contributed by atoms with E-state index < -0.39 is 0 Å². The molecule has 0 unspecified atom stereocenters. The van der Waals surface area contributed by atoms with Gasteiger partial charge in [-0.05, 0) is 19.1 Å². The molecule has 0 saturated carbocycles. The molecule has 0 fully saturated rings. The van der Waals surface area contributed by atoms with E-state index in [0.717, 1.165) is 0 Å².